The Morgan fingerprint density at radius 2 is 1.53 bits per heavy atom. The van der Waals surface area contributed by atoms with Gasteiger partial charge in [-0.1, -0.05) is 18.2 Å². The average Bonchev–Trinajstić information content (AvgIpc) is 2.82. The van der Waals surface area contributed by atoms with Crippen molar-refractivity contribution in [1.29, 1.82) is 0 Å². The fourth-order valence-corrected chi connectivity index (χ4v) is 4.24. The number of nitrogens with zero attached hydrogens (tertiary/aromatic N) is 2. The molecule has 6 heteroatoms. The molecular formula is C26H26F2N2O2. The molecule has 0 radical (unpaired) electrons. The number of anilines is 1. The lowest BCUT2D eigenvalue weighted by Gasteiger charge is -2.38. The van der Waals surface area contributed by atoms with E-state index in [1.807, 2.05) is 18.2 Å². The van der Waals surface area contributed by atoms with E-state index >= 15 is 0 Å². The van der Waals surface area contributed by atoms with Crippen LogP contribution in [0.5, 0.6) is 5.75 Å². The van der Waals surface area contributed by atoms with Gasteiger partial charge in [-0.05, 0) is 67.4 Å². The van der Waals surface area contributed by atoms with Crippen molar-refractivity contribution in [2.75, 3.05) is 25.1 Å². The number of methoxy groups -OCH3 is 1. The summed E-state index contributed by atoms with van der Waals surface area (Å²) in [7, 11) is 1.67. The van der Waals surface area contributed by atoms with Gasteiger partial charge in [0.2, 0.25) is 0 Å². The third-order valence-electron chi connectivity index (χ3n) is 5.92. The summed E-state index contributed by atoms with van der Waals surface area (Å²) in [4.78, 5) is 17.5. The van der Waals surface area contributed by atoms with Gasteiger partial charge in [-0.3, -0.25) is 9.69 Å². The Kier molecular flexibility index (Phi) is 6.81. The number of carbonyl (C=O) groups excluding carboxylic acids is 1. The summed E-state index contributed by atoms with van der Waals surface area (Å²) < 4.78 is 32.4. The first kappa shape index (κ1) is 22.0. The second-order valence-electron chi connectivity index (χ2n) is 7.98. The number of hydrogen-bond acceptors (Lipinski definition) is 3. The van der Waals surface area contributed by atoms with Crippen LogP contribution in [0.15, 0.2) is 72.8 Å². The average molecular weight is 437 g/mol. The highest BCUT2D eigenvalue weighted by atomic mass is 19.1. The number of piperidine rings is 1. The van der Waals surface area contributed by atoms with Crippen molar-refractivity contribution < 1.29 is 18.3 Å². The molecule has 0 saturated carbocycles. The monoisotopic (exact) mass is 436 g/mol. The van der Waals surface area contributed by atoms with E-state index in [1.54, 1.807) is 24.1 Å². The van der Waals surface area contributed by atoms with E-state index in [9.17, 15) is 13.6 Å². The highest BCUT2D eigenvalue weighted by Crippen LogP contribution is 2.28. The summed E-state index contributed by atoms with van der Waals surface area (Å²) in [5, 5.41) is 0. The molecule has 1 aliphatic heterocycles. The molecule has 1 aliphatic rings. The summed E-state index contributed by atoms with van der Waals surface area (Å²) in [6.07, 6.45) is 1.55. The van der Waals surface area contributed by atoms with Gasteiger partial charge in [-0.25, -0.2) is 8.78 Å². The lowest BCUT2D eigenvalue weighted by atomic mass is 10.00. The third kappa shape index (κ3) is 4.97. The summed E-state index contributed by atoms with van der Waals surface area (Å²) in [5.74, 6) is -0.0806. The molecule has 166 valence electrons. The quantitative estimate of drug-likeness (QED) is 0.527. The van der Waals surface area contributed by atoms with E-state index in [1.165, 1.54) is 36.4 Å². The molecule has 1 fully saturated rings. The van der Waals surface area contributed by atoms with Crippen LogP contribution >= 0.6 is 0 Å². The Morgan fingerprint density at radius 1 is 0.938 bits per heavy atom. The summed E-state index contributed by atoms with van der Waals surface area (Å²) in [6.45, 7) is 2.41. The fourth-order valence-electron chi connectivity index (χ4n) is 4.24. The molecule has 3 aromatic carbocycles. The number of likely N-dealkylation sites (tertiary alicyclic amines) is 1. The number of benzene rings is 3. The first-order valence-electron chi connectivity index (χ1n) is 10.7. The second kappa shape index (κ2) is 9.92. The number of amides is 1. The van der Waals surface area contributed by atoms with Gasteiger partial charge < -0.3 is 9.64 Å². The second-order valence-corrected chi connectivity index (χ2v) is 7.98. The van der Waals surface area contributed by atoms with Crippen LogP contribution in [0.3, 0.4) is 0 Å². The van der Waals surface area contributed by atoms with Gasteiger partial charge in [-0.15, -0.1) is 0 Å². The van der Waals surface area contributed by atoms with Crippen molar-refractivity contribution in [3.8, 4) is 5.75 Å². The molecule has 4 rings (SSSR count). The maximum Gasteiger partial charge on any atom is 0.258 e. The molecule has 32 heavy (non-hydrogen) atoms. The van der Waals surface area contributed by atoms with Crippen LogP contribution in [0.25, 0.3) is 0 Å². The van der Waals surface area contributed by atoms with Crippen LogP contribution < -0.4 is 9.64 Å². The summed E-state index contributed by atoms with van der Waals surface area (Å²) in [5.41, 5.74) is 2.18. The maximum absolute atomic E-state index is 13.5. The standard InChI is InChI=1S/C26H26F2N2O2/c1-32-25-5-3-2-4-20(25)18-29-16-14-24(15-17-29)30(23-12-10-22(28)11-13-23)26(31)19-6-8-21(27)9-7-19/h2-13,24H,14-18H2,1H3. The van der Waals surface area contributed by atoms with Crippen LogP contribution in [0.2, 0.25) is 0 Å². The Labute approximate surface area is 187 Å². The van der Waals surface area contributed by atoms with E-state index < -0.39 is 0 Å². The molecule has 0 bridgehead atoms. The molecular weight excluding hydrogens is 410 g/mol. The molecule has 0 atom stereocenters. The van der Waals surface area contributed by atoms with Crippen molar-refractivity contribution in [2.24, 2.45) is 0 Å². The van der Waals surface area contributed by atoms with Crippen molar-refractivity contribution >= 4 is 11.6 Å². The number of halogens is 2. The highest BCUT2D eigenvalue weighted by molar-refractivity contribution is 6.06. The Hall–Kier alpha value is -3.25. The van der Waals surface area contributed by atoms with Crippen LogP contribution in [-0.4, -0.2) is 37.0 Å². The molecule has 0 unspecified atom stereocenters. The van der Waals surface area contributed by atoms with E-state index in [2.05, 4.69) is 11.0 Å². The minimum absolute atomic E-state index is 0.0352. The molecule has 0 aromatic heterocycles. The smallest absolute Gasteiger partial charge is 0.258 e. The summed E-state index contributed by atoms with van der Waals surface area (Å²) >= 11 is 0. The molecule has 1 heterocycles. The van der Waals surface area contributed by atoms with Crippen LogP contribution in [-0.2, 0) is 6.54 Å². The number of ether oxygens (including phenoxy) is 1. The topological polar surface area (TPSA) is 32.8 Å². The Balaban J connectivity index is 1.51. The molecule has 3 aromatic rings. The SMILES string of the molecule is COc1ccccc1CN1CCC(N(C(=O)c2ccc(F)cc2)c2ccc(F)cc2)CC1. The first-order chi connectivity index (χ1) is 15.5. The molecule has 0 spiro atoms. The summed E-state index contributed by atoms with van der Waals surface area (Å²) in [6, 6.07) is 19.5. The largest absolute Gasteiger partial charge is 0.496 e. The van der Waals surface area contributed by atoms with Crippen molar-refractivity contribution in [3.63, 3.8) is 0 Å². The molecule has 1 saturated heterocycles. The van der Waals surface area contributed by atoms with Crippen molar-refractivity contribution in [3.05, 3.63) is 95.6 Å². The van der Waals surface area contributed by atoms with Gasteiger partial charge in [0.05, 0.1) is 7.11 Å². The predicted molar refractivity (Wildman–Crippen MR) is 121 cm³/mol. The van der Waals surface area contributed by atoms with E-state index in [-0.39, 0.29) is 23.6 Å². The minimum atomic E-state index is -0.389. The zero-order valence-electron chi connectivity index (χ0n) is 18.0. The van der Waals surface area contributed by atoms with Gasteiger partial charge in [0, 0.05) is 42.5 Å². The zero-order valence-corrected chi connectivity index (χ0v) is 18.0. The van der Waals surface area contributed by atoms with E-state index in [0.29, 0.717) is 11.3 Å². The Bertz CT molecular complexity index is 1050. The molecule has 0 aliphatic carbocycles. The van der Waals surface area contributed by atoms with Gasteiger partial charge in [0.1, 0.15) is 17.4 Å². The number of carbonyl (C=O) groups is 1. The van der Waals surface area contributed by atoms with Gasteiger partial charge in [0.25, 0.3) is 5.91 Å². The van der Waals surface area contributed by atoms with Crippen LogP contribution in [0.4, 0.5) is 14.5 Å². The maximum atomic E-state index is 13.5. The highest BCUT2D eigenvalue weighted by Gasteiger charge is 2.30. The van der Waals surface area contributed by atoms with Crippen LogP contribution in [0.1, 0.15) is 28.8 Å². The number of rotatable bonds is 6. The lowest BCUT2D eigenvalue weighted by molar-refractivity contribution is 0.0958. The lowest BCUT2D eigenvalue weighted by Crippen LogP contribution is -2.47. The molecule has 4 nitrogen and oxygen atoms in total. The van der Waals surface area contributed by atoms with Gasteiger partial charge in [0.15, 0.2) is 0 Å². The van der Waals surface area contributed by atoms with Crippen LogP contribution in [0, 0.1) is 11.6 Å². The Morgan fingerprint density at radius 3 is 2.16 bits per heavy atom. The number of para-hydroxylation sites is 1. The van der Waals surface area contributed by atoms with Gasteiger partial charge in [-0.2, -0.15) is 0 Å². The van der Waals surface area contributed by atoms with E-state index in [0.717, 1.165) is 43.8 Å². The van der Waals surface area contributed by atoms with E-state index in [4.69, 9.17) is 4.74 Å². The molecule has 1 amide bonds. The van der Waals surface area contributed by atoms with Gasteiger partial charge >= 0.3 is 0 Å². The van der Waals surface area contributed by atoms with Crippen molar-refractivity contribution in [1.82, 2.24) is 4.90 Å². The zero-order chi connectivity index (χ0) is 22.5. The fraction of sp³-hybridized carbons (Fsp3) is 0.269. The number of hydrogen-bond donors (Lipinski definition) is 0. The first-order valence-corrected chi connectivity index (χ1v) is 10.7. The van der Waals surface area contributed by atoms with Crippen molar-refractivity contribution in [2.45, 2.75) is 25.4 Å². The minimum Gasteiger partial charge on any atom is -0.496 e. The molecule has 0 N–H and O–H groups in total. The third-order valence-corrected chi connectivity index (χ3v) is 5.92. The normalized spacial score (nSPS) is 14.8. The predicted octanol–water partition coefficient (Wildman–Crippen LogP) is 5.28.